The van der Waals surface area contributed by atoms with Crippen LogP contribution < -0.4 is 10.1 Å². The summed E-state index contributed by atoms with van der Waals surface area (Å²) in [6.45, 7) is 4.99. The molecular weight excluding hydrogens is 250 g/mol. The van der Waals surface area contributed by atoms with Crippen molar-refractivity contribution in [2.45, 2.75) is 32.9 Å². The lowest BCUT2D eigenvalue weighted by atomic mass is 10.1. The van der Waals surface area contributed by atoms with Crippen molar-refractivity contribution in [1.82, 2.24) is 14.9 Å². The Bertz CT molecular complexity index is 505. The number of nitrogens with one attached hydrogen (secondary N) is 1. The molecule has 1 aromatic heterocycles. The van der Waals surface area contributed by atoms with Crippen LogP contribution in [0.5, 0.6) is 5.75 Å². The quantitative estimate of drug-likeness (QED) is 0.752. The van der Waals surface area contributed by atoms with E-state index < -0.39 is 0 Å². The minimum atomic E-state index is 0.837. The van der Waals surface area contributed by atoms with Gasteiger partial charge >= 0.3 is 0 Å². The first kappa shape index (κ1) is 14.6. The number of nitrogens with zero attached hydrogens (tertiary/aromatic N) is 2. The fraction of sp³-hybridized carbons (Fsp3) is 0.438. The molecule has 1 N–H and O–H groups in total. The van der Waals surface area contributed by atoms with E-state index in [2.05, 4.69) is 33.9 Å². The number of imidazole rings is 1. The van der Waals surface area contributed by atoms with Crippen molar-refractivity contribution in [1.29, 1.82) is 0 Å². The summed E-state index contributed by atoms with van der Waals surface area (Å²) in [6.07, 6.45) is 6.07. The van der Waals surface area contributed by atoms with Crippen LogP contribution in [0.2, 0.25) is 0 Å². The maximum absolute atomic E-state index is 5.17. The first-order valence-corrected chi connectivity index (χ1v) is 7.17. The number of hydrogen-bond donors (Lipinski definition) is 1. The number of hydrogen-bond acceptors (Lipinski definition) is 3. The first-order chi connectivity index (χ1) is 9.83. The zero-order valence-corrected chi connectivity index (χ0v) is 12.3. The highest BCUT2D eigenvalue weighted by Gasteiger charge is 2.02. The van der Waals surface area contributed by atoms with Crippen LogP contribution in [0.1, 0.15) is 24.7 Å². The second kappa shape index (κ2) is 7.70. The maximum atomic E-state index is 5.17. The lowest BCUT2D eigenvalue weighted by Crippen LogP contribution is -2.18. The van der Waals surface area contributed by atoms with E-state index in [0.29, 0.717) is 0 Å². The predicted molar refractivity (Wildman–Crippen MR) is 80.9 cm³/mol. The van der Waals surface area contributed by atoms with Gasteiger partial charge in [0.1, 0.15) is 11.6 Å². The normalized spacial score (nSPS) is 10.7. The second-order valence-corrected chi connectivity index (χ2v) is 4.81. The van der Waals surface area contributed by atoms with Crippen molar-refractivity contribution in [2.75, 3.05) is 13.7 Å². The van der Waals surface area contributed by atoms with Crippen LogP contribution in [-0.4, -0.2) is 23.2 Å². The molecule has 0 bridgehead atoms. The molecule has 0 amide bonds. The Labute approximate surface area is 120 Å². The predicted octanol–water partition coefficient (Wildman–Crippen LogP) is 2.63. The van der Waals surface area contributed by atoms with Crippen LogP contribution >= 0.6 is 0 Å². The molecule has 0 saturated carbocycles. The zero-order chi connectivity index (χ0) is 14.2. The molecule has 0 aliphatic carbocycles. The summed E-state index contributed by atoms with van der Waals surface area (Å²) in [5.41, 5.74) is 1.31. The van der Waals surface area contributed by atoms with Gasteiger partial charge in [-0.05, 0) is 37.1 Å². The van der Waals surface area contributed by atoms with Crippen LogP contribution in [0.15, 0.2) is 36.7 Å². The van der Waals surface area contributed by atoms with E-state index in [1.165, 1.54) is 5.56 Å². The molecule has 1 aromatic carbocycles. The lowest BCUT2D eigenvalue weighted by Gasteiger charge is -2.09. The summed E-state index contributed by atoms with van der Waals surface area (Å²) in [5.74, 6) is 2.01. The second-order valence-electron chi connectivity index (χ2n) is 4.81. The van der Waals surface area contributed by atoms with Crippen LogP contribution in [0.4, 0.5) is 0 Å². The summed E-state index contributed by atoms with van der Waals surface area (Å²) in [6, 6.07) is 8.25. The molecule has 0 radical (unpaired) electrons. The van der Waals surface area contributed by atoms with Crippen molar-refractivity contribution in [3.63, 3.8) is 0 Å². The molecule has 0 atom stereocenters. The Morgan fingerprint density at radius 1 is 1.25 bits per heavy atom. The smallest absolute Gasteiger partial charge is 0.122 e. The Kier molecular flexibility index (Phi) is 5.62. The molecule has 108 valence electrons. The van der Waals surface area contributed by atoms with E-state index in [1.54, 1.807) is 7.11 Å². The third-order valence-electron chi connectivity index (χ3n) is 3.31. The number of benzene rings is 1. The summed E-state index contributed by atoms with van der Waals surface area (Å²) in [5, 5.41) is 3.39. The van der Waals surface area contributed by atoms with Crippen LogP contribution in [0.25, 0.3) is 0 Å². The minimum absolute atomic E-state index is 0.837. The summed E-state index contributed by atoms with van der Waals surface area (Å²) in [7, 11) is 1.69. The number of aryl methyl sites for hydroxylation is 2. The molecule has 2 aromatic rings. The Morgan fingerprint density at radius 2 is 2.05 bits per heavy atom. The molecule has 1 heterocycles. The number of rotatable bonds is 8. The average Bonchev–Trinajstić information content (AvgIpc) is 2.93. The molecule has 0 aliphatic rings. The fourth-order valence-electron chi connectivity index (χ4n) is 2.13. The lowest BCUT2D eigenvalue weighted by molar-refractivity contribution is 0.414. The van der Waals surface area contributed by atoms with Crippen LogP contribution in [-0.2, 0) is 19.5 Å². The molecule has 0 aliphatic heterocycles. The Hall–Kier alpha value is -1.81. The van der Waals surface area contributed by atoms with E-state index in [-0.39, 0.29) is 0 Å². The molecule has 0 spiro atoms. The van der Waals surface area contributed by atoms with Gasteiger partial charge in [0.2, 0.25) is 0 Å². The van der Waals surface area contributed by atoms with E-state index in [0.717, 1.165) is 44.0 Å². The zero-order valence-electron chi connectivity index (χ0n) is 12.3. The fourth-order valence-corrected chi connectivity index (χ4v) is 2.13. The number of methoxy groups -OCH3 is 1. The SMILES string of the molecule is CCCNCc1nccn1CCc1ccc(OC)cc1. The molecule has 20 heavy (non-hydrogen) atoms. The average molecular weight is 273 g/mol. The van der Waals surface area contributed by atoms with E-state index >= 15 is 0 Å². The van der Waals surface area contributed by atoms with E-state index in [4.69, 9.17) is 4.74 Å². The van der Waals surface area contributed by atoms with Crippen molar-refractivity contribution in [3.8, 4) is 5.75 Å². The van der Waals surface area contributed by atoms with Gasteiger partial charge in [0.25, 0.3) is 0 Å². The van der Waals surface area contributed by atoms with Crippen LogP contribution in [0.3, 0.4) is 0 Å². The van der Waals surface area contributed by atoms with E-state index in [1.807, 2.05) is 24.5 Å². The van der Waals surface area contributed by atoms with Gasteiger partial charge < -0.3 is 14.6 Å². The van der Waals surface area contributed by atoms with Gasteiger partial charge in [-0.3, -0.25) is 0 Å². The van der Waals surface area contributed by atoms with Gasteiger partial charge in [-0.2, -0.15) is 0 Å². The molecule has 0 saturated heterocycles. The molecule has 0 unspecified atom stereocenters. The van der Waals surface area contributed by atoms with Crippen LogP contribution in [0, 0.1) is 0 Å². The van der Waals surface area contributed by atoms with Gasteiger partial charge in [-0.15, -0.1) is 0 Å². The monoisotopic (exact) mass is 273 g/mol. The molecule has 4 heteroatoms. The topological polar surface area (TPSA) is 39.1 Å². The van der Waals surface area contributed by atoms with E-state index in [9.17, 15) is 0 Å². The highest BCUT2D eigenvalue weighted by atomic mass is 16.5. The van der Waals surface area contributed by atoms with Crippen molar-refractivity contribution >= 4 is 0 Å². The van der Waals surface area contributed by atoms with Gasteiger partial charge in [0.05, 0.1) is 13.7 Å². The highest BCUT2D eigenvalue weighted by molar-refractivity contribution is 5.27. The van der Waals surface area contributed by atoms with Crippen molar-refractivity contribution in [2.24, 2.45) is 0 Å². The van der Waals surface area contributed by atoms with Gasteiger partial charge in [-0.1, -0.05) is 19.1 Å². The third-order valence-corrected chi connectivity index (χ3v) is 3.31. The van der Waals surface area contributed by atoms with Gasteiger partial charge in [0, 0.05) is 18.9 Å². The largest absolute Gasteiger partial charge is 0.497 e. The molecule has 0 fully saturated rings. The minimum Gasteiger partial charge on any atom is -0.497 e. The Morgan fingerprint density at radius 3 is 2.75 bits per heavy atom. The summed E-state index contributed by atoms with van der Waals surface area (Å²) in [4.78, 5) is 4.41. The number of aromatic nitrogens is 2. The van der Waals surface area contributed by atoms with Crippen molar-refractivity contribution < 1.29 is 4.74 Å². The standard InChI is InChI=1S/C16H23N3O/c1-3-9-17-13-16-18-10-12-19(16)11-8-14-4-6-15(20-2)7-5-14/h4-7,10,12,17H,3,8-9,11,13H2,1-2H3. The maximum Gasteiger partial charge on any atom is 0.122 e. The molecule has 2 rings (SSSR count). The first-order valence-electron chi connectivity index (χ1n) is 7.17. The Balaban J connectivity index is 1.88. The molecule has 4 nitrogen and oxygen atoms in total. The number of ether oxygens (including phenoxy) is 1. The summed E-state index contributed by atoms with van der Waals surface area (Å²) < 4.78 is 7.39. The highest BCUT2D eigenvalue weighted by Crippen LogP contribution is 2.12. The van der Waals surface area contributed by atoms with Gasteiger partial charge in [-0.25, -0.2) is 4.98 Å². The van der Waals surface area contributed by atoms with Gasteiger partial charge in [0.15, 0.2) is 0 Å². The molecular formula is C16H23N3O. The third kappa shape index (κ3) is 4.10. The van der Waals surface area contributed by atoms with Crippen molar-refractivity contribution in [3.05, 3.63) is 48.0 Å². The summed E-state index contributed by atoms with van der Waals surface area (Å²) >= 11 is 0.